The first-order valence-electron chi connectivity index (χ1n) is 2.90. The van der Waals surface area contributed by atoms with Crippen LogP contribution in [-0.2, 0) is 0 Å². The Bertz CT molecular complexity index is 300. The maximum atomic E-state index is 10.1. The van der Waals surface area contributed by atoms with Gasteiger partial charge in [-0.1, -0.05) is 0 Å². The topological polar surface area (TPSA) is 68.3 Å². The summed E-state index contributed by atoms with van der Waals surface area (Å²) in [6.07, 6.45) is 1.33. The highest BCUT2D eigenvalue weighted by molar-refractivity contribution is 9.10. The van der Waals surface area contributed by atoms with Gasteiger partial charge in [0.05, 0.1) is 11.9 Å². The molecular formula is C6H6BrN3O. The molecule has 0 fully saturated rings. The Hall–Kier alpha value is -0.970. The van der Waals surface area contributed by atoms with Crippen LogP contribution in [0.2, 0.25) is 0 Å². The van der Waals surface area contributed by atoms with Crippen LogP contribution >= 0.6 is 15.9 Å². The number of nitroso groups, excluding NO2 is 1. The number of hydrogen-bond donors (Lipinski definition) is 1. The predicted octanol–water partition coefficient (Wildman–Crippen LogP) is 2.13. The van der Waals surface area contributed by atoms with Crippen molar-refractivity contribution in [3.05, 3.63) is 21.3 Å². The molecule has 0 radical (unpaired) electrons. The highest BCUT2D eigenvalue weighted by atomic mass is 79.9. The van der Waals surface area contributed by atoms with E-state index in [1.165, 1.54) is 6.20 Å². The lowest BCUT2D eigenvalue weighted by atomic mass is 10.2. The first-order chi connectivity index (χ1) is 5.16. The first kappa shape index (κ1) is 8.13. The summed E-state index contributed by atoms with van der Waals surface area (Å²) in [7, 11) is 0. The quantitative estimate of drug-likeness (QED) is 0.577. The van der Waals surface area contributed by atoms with E-state index < -0.39 is 0 Å². The molecule has 0 amide bonds. The molecule has 0 atom stereocenters. The van der Waals surface area contributed by atoms with Gasteiger partial charge in [0.25, 0.3) is 0 Å². The minimum Gasteiger partial charge on any atom is -0.397 e. The van der Waals surface area contributed by atoms with Gasteiger partial charge in [-0.2, -0.15) is 0 Å². The summed E-state index contributed by atoms with van der Waals surface area (Å²) in [5.41, 5.74) is 6.83. The van der Waals surface area contributed by atoms with Crippen molar-refractivity contribution in [3.63, 3.8) is 0 Å². The zero-order chi connectivity index (χ0) is 8.43. The number of anilines is 1. The second-order valence-corrected chi connectivity index (χ2v) is 2.82. The molecule has 11 heavy (non-hydrogen) atoms. The van der Waals surface area contributed by atoms with Crippen molar-refractivity contribution in [2.24, 2.45) is 5.18 Å². The van der Waals surface area contributed by atoms with E-state index in [2.05, 4.69) is 26.1 Å². The fraction of sp³-hybridized carbons (Fsp3) is 0.167. The summed E-state index contributed by atoms with van der Waals surface area (Å²) in [5.74, 6) is 0. The fourth-order valence-corrected chi connectivity index (χ4v) is 0.976. The van der Waals surface area contributed by atoms with Crippen molar-refractivity contribution in [2.75, 3.05) is 5.73 Å². The molecule has 58 valence electrons. The van der Waals surface area contributed by atoms with Crippen LogP contribution in [0, 0.1) is 11.8 Å². The Morgan fingerprint density at radius 2 is 2.36 bits per heavy atom. The fourth-order valence-electron chi connectivity index (χ4n) is 0.660. The van der Waals surface area contributed by atoms with E-state index in [9.17, 15) is 4.91 Å². The molecule has 0 aliphatic carbocycles. The third-order valence-corrected chi connectivity index (χ3v) is 2.19. The van der Waals surface area contributed by atoms with Gasteiger partial charge in [-0.15, -0.1) is 4.91 Å². The van der Waals surface area contributed by atoms with Gasteiger partial charge < -0.3 is 5.73 Å². The molecule has 4 nitrogen and oxygen atoms in total. The number of pyridine rings is 1. The van der Waals surface area contributed by atoms with Gasteiger partial charge in [0.2, 0.25) is 0 Å². The smallest absolute Gasteiger partial charge is 0.149 e. The summed E-state index contributed by atoms with van der Waals surface area (Å²) in [5, 5.41) is 2.71. The number of nitrogen functional groups attached to an aromatic ring is 1. The third kappa shape index (κ3) is 1.37. The van der Waals surface area contributed by atoms with Crippen molar-refractivity contribution in [1.82, 2.24) is 4.98 Å². The molecule has 0 spiro atoms. The molecule has 2 N–H and O–H groups in total. The lowest BCUT2D eigenvalue weighted by Gasteiger charge is -2.01. The molecule has 5 heteroatoms. The van der Waals surface area contributed by atoms with E-state index in [1.54, 1.807) is 6.92 Å². The van der Waals surface area contributed by atoms with Crippen LogP contribution in [0.1, 0.15) is 5.56 Å². The van der Waals surface area contributed by atoms with Crippen LogP contribution in [0.3, 0.4) is 0 Å². The standard InChI is InChI=1S/C6H6BrN3O/c1-3-5(8)4(10-11)2-9-6(3)7/h2H,1H3,(H2,8,9). The zero-order valence-corrected chi connectivity index (χ0v) is 7.42. The summed E-state index contributed by atoms with van der Waals surface area (Å²) >= 11 is 3.17. The molecule has 0 unspecified atom stereocenters. The maximum absolute atomic E-state index is 10.1. The van der Waals surface area contributed by atoms with Crippen LogP contribution in [0.4, 0.5) is 11.4 Å². The number of halogens is 1. The second-order valence-electron chi connectivity index (χ2n) is 2.06. The molecule has 1 aromatic heterocycles. The lowest BCUT2D eigenvalue weighted by Crippen LogP contribution is -1.92. The molecule has 0 saturated carbocycles. The predicted molar refractivity (Wildman–Crippen MR) is 46.5 cm³/mol. The summed E-state index contributed by atoms with van der Waals surface area (Å²) in [4.78, 5) is 14.0. The van der Waals surface area contributed by atoms with E-state index in [1.807, 2.05) is 0 Å². The van der Waals surface area contributed by atoms with Crippen molar-refractivity contribution >= 4 is 27.3 Å². The average molecular weight is 216 g/mol. The average Bonchev–Trinajstić information content (AvgIpc) is 2.01. The third-order valence-electron chi connectivity index (χ3n) is 1.39. The van der Waals surface area contributed by atoms with Gasteiger partial charge >= 0.3 is 0 Å². The maximum Gasteiger partial charge on any atom is 0.149 e. The van der Waals surface area contributed by atoms with Crippen LogP contribution in [0.5, 0.6) is 0 Å². The van der Waals surface area contributed by atoms with Crippen molar-refractivity contribution in [2.45, 2.75) is 6.92 Å². The number of nitrogens with two attached hydrogens (primary N) is 1. The monoisotopic (exact) mass is 215 g/mol. The van der Waals surface area contributed by atoms with Crippen LogP contribution in [0.25, 0.3) is 0 Å². The molecule has 0 aromatic carbocycles. The highest BCUT2D eigenvalue weighted by Gasteiger charge is 2.05. The van der Waals surface area contributed by atoms with Gasteiger partial charge in [-0.3, -0.25) is 0 Å². The number of hydrogen-bond acceptors (Lipinski definition) is 4. The zero-order valence-electron chi connectivity index (χ0n) is 5.84. The first-order valence-corrected chi connectivity index (χ1v) is 3.70. The summed E-state index contributed by atoms with van der Waals surface area (Å²) in [6, 6.07) is 0. The summed E-state index contributed by atoms with van der Waals surface area (Å²) < 4.78 is 0.641. The molecule has 1 rings (SSSR count). The van der Waals surface area contributed by atoms with E-state index in [0.717, 1.165) is 5.56 Å². The summed E-state index contributed by atoms with van der Waals surface area (Å²) in [6.45, 7) is 1.76. The number of nitrogens with zero attached hydrogens (tertiary/aromatic N) is 2. The van der Waals surface area contributed by atoms with E-state index in [4.69, 9.17) is 5.73 Å². The van der Waals surface area contributed by atoms with Gasteiger partial charge in [-0.25, -0.2) is 4.98 Å². The van der Waals surface area contributed by atoms with E-state index in [-0.39, 0.29) is 5.69 Å². The van der Waals surface area contributed by atoms with Crippen molar-refractivity contribution < 1.29 is 0 Å². The van der Waals surface area contributed by atoms with E-state index >= 15 is 0 Å². The Balaban J connectivity index is 3.36. The molecule has 0 bridgehead atoms. The Morgan fingerprint density at radius 3 is 2.91 bits per heavy atom. The SMILES string of the molecule is Cc1c(Br)ncc(N=O)c1N. The molecule has 0 saturated heterocycles. The minimum atomic E-state index is 0.186. The van der Waals surface area contributed by atoms with Gasteiger partial charge in [0.1, 0.15) is 10.3 Å². The lowest BCUT2D eigenvalue weighted by molar-refractivity contribution is 1.21. The Labute approximate surface area is 71.9 Å². The number of rotatable bonds is 1. The highest BCUT2D eigenvalue weighted by Crippen LogP contribution is 2.28. The minimum absolute atomic E-state index is 0.186. The van der Waals surface area contributed by atoms with Crippen LogP contribution in [0.15, 0.2) is 16.0 Å². The molecule has 1 heterocycles. The van der Waals surface area contributed by atoms with Crippen molar-refractivity contribution in [1.29, 1.82) is 0 Å². The molecule has 0 aliphatic heterocycles. The molecular weight excluding hydrogens is 210 g/mol. The Morgan fingerprint density at radius 1 is 1.73 bits per heavy atom. The van der Waals surface area contributed by atoms with Gasteiger partial charge in [0.15, 0.2) is 0 Å². The van der Waals surface area contributed by atoms with Crippen LogP contribution < -0.4 is 5.73 Å². The Kier molecular flexibility index (Phi) is 2.19. The molecule has 0 aliphatic rings. The second kappa shape index (κ2) is 2.96. The van der Waals surface area contributed by atoms with Gasteiger partial charge in [0, 0.05) is 5.56 Å². The normalized spacial score (nSPS) is 9.64. The van der Waals surface area contributed by atoms with Crippen LogP contribution in [-0.4, -0.2) is 4.98 Å². The van der Waals surface area contributed by atoms with E-state index in [0.29, 0.717) is 10.3 Å². The van der Waals surface area contributed by atoms with Gasteiger partial charge in [-0.05, 0) is 28.0 Å². The molecule has 1 aromatic rings. The number of aromatic nitrogens is 1. The van der Waals surface area contributed by atoms with Crippen molar-refractivity contribution in [3.8, 4) is 0 Å². The largest absolute Gasteiger partial charge is 0.397 e.